The summed E-state index contributed by atoms with van der Waals surface area (Å²) in [5, 5.41) is 2.79. The van der Waals surface area contributed by atoms with E-state index in [4.69, 9.17) is 11.6 Å². The molecule has 0 saturated heterocycles. The zero-order valence-corrected chi connectivity index (χ0v) is 7.92. The van der Waals surface area contributed by atoms with Crippen molar-refractivity contribution < 1.29 is 0 Å². The summed E-state index contributed by atoms with van der Waals surface area (Å²) < 4.78 is 0. The lowest BCUT2D eigenvalue weighted by Crippen LogP contribution is -1.73. The molecule has 0 aliphatic heterocycles. The third-order valence-corrected chi connectivity index (χ3v) is 2.43. The Morgan fingerprint density at radius 1 is 1.21 bits per heavy atom. The number of hydrogen-bond donors (Lipinski definition) is 1. The van der Waals surface area contributed by atoms with Crippen molar-refractivity contribution >= 4 is 33.5 Å². The molecule has 0 spiro atoms. The standard InChI is InChI=1S/C10H6ClN3/c11-6-3-8-7-1-2-12-5-9(7)14-10(8)13-4-6/h1-5H,(H,13,14). The molecular formula is C10H6ClN3. The van der Waals surface area contributed by atoms with Crippen molar-refractivity contribution in [1.82, 2.24) is 15.0 Å². The summed E-state index contributed by atoms with van der Waals surface area (Å²) >= 11 is 5.88. The molecule has 0 aliphatic carbocycles. The molecule has 0 bridgehead atoms. The fourth-order valence-corrected chi connectivity index (χ4v) is 1.76. The largest absolute Gasteiger partial charge is 0.338 e. The fraction of sp³-hybridized carbons (Fsp3) is 0. The van der Waals surface area contributed by atoms with E-state index in [-0.39, 0.29) is 0 Å². The first-order chi connectivity index (χ1) is 6.84. The monoisotopic (exact) mass is 203 g/mol. The van der Waals surface area contributed by atoms with E-state index in [0.717, 1.165) is 21.9 Å². The van der Waals surface area contributed by atoms with Gasteiger partial charge in [0.05, 0.1) is 16.7 Å². The fourth-order valence-electron chi connectivity index (χ4n) is 1.60. The molecule has 0 amide bonds. The van der Waals surface area contributed by atoms with E-state index in [2.05, 4.69) is 15.0 Å². The van der Waals surface area contributed by atoms with Crippen molar-refractivity contribution in [3.05, 3.63) is 35.7 Å². The molecule has 14 heavy (non-hydrogen) atoms. The Morgan fingerprint density at radius 2 is 2.14 bits per heavy atom. The Morgan fingerprint density at radius 3 is 3.07 bits per heavy atom. The van der Waals surface area contributed by atoms with Gasteiger partial charge in [-0.1, -0.05) is 11.6 Å². The zero-order valence-electron chi connectivity index (χ0n) is 7.16. The molecule has 3 aromatic heterocycles. The summed E-state index contributed by atoms with van der Waals surface area (Å²) in [6.07, 6.45) is 5.17. The van der Waals surface area contributed by atoms with E-state index in [1.165, 1.54) is 0 Å². The third kappa shape index (κ3) is 0.992. The van der Waals surface area contributed by atoms with Gasteiger partial charge in [-0.15, -0.1) is 0 Å². The first-order valence-corrected chi connectivity index (χ1v) is 4.59. The lowest BCUT2D eigenvalue weighted by molar-refractivity contribution is 1.32. The van der Waals surface area contributed by atoms with Crippen LogP contribution in [0.1, 0.15) is 0 Å². The van der Waals surface area contributed by atoms with Gasteiger partial charge in [0, 0.05) is 23.2 Å². The van der Waals surface area contributed by atoms with E-state index < -0.39 is 0 Å². The zero-order chi connectivity index (χ0) is 9.54. The van der Waals surface area contributed by atoms with Gasteiger partial charge in [0.25, 0.3) is 0 Å². The minimum atomic E-state index is 0.648. The van der Waals surface area contributed by atoms with E-state index >= 15 is 0 Å². The molecule has 3 heterocycles. The Hall–Kier alpha value is -1.61. The molecule has 68 valence electrons. The van der Waals surface area contributed by atoms with Crippen molar-refractivity contribution in [2.45, 2.75) is 0 Å². The molecule has 3 nitrogen and oxygen atoms in total. The molecule has 0 fully saturated rings. The van der Waals surface area contributed by atoms with Gasteiger partial charge >= 0.3 is 0 Å². The number of aromatic nitrogens is 3. The van der Waals surface area contributed by atoms with Gasteiger partial charge in [-0.25, -0.2) is 4.98 Å². The van der Waals surface area contributed by atoms with Crippen molar-refractivity contribution in [3.63, 3.8) is 0 Å². The number of rotatable bonds is 0. The summed E-state index contributed by atoms with van der Waals surface area (Å²) in [6.45, 7) is 0. The molecule has 0 aromatic carbocycles. The molecular weight excluding hydrogens is 198 g/mol. The number of nitrogens with one attached hydrogen (secondary N) is 1. The van der Waals surface area contributed by atoms with Crippen LogP contribution in [0.5, 0.6) is 0 Å². The molecule has 3 aromatic rings. The third-order valence-electron chi connectivity index (χ3n) is 2.22. The van der Waals surface area contributed by atoms with E-state index in [1.807, 2.05) is 12.1 Å². The van der Waals surface area contributed by atoms with Crippen LogP contribution < -0.4 is 0 Å². The SMILES string of the molecule is Clc1cnc2[nH]c3cnccc3c2c1. The molecule has 0 unspecified atom stereocenters. The van der Waals surface area contributed by atoms with Gasteiger partial charge in [-0.05, 0) is 12.1 Å². The van der Waals surface area contributed by atoms with Crippen LogP contribution in [-0.4, -0.2) is 15.0 Å². The van der Waals surface area contributed by atoms with Crippen LogP contribution in [0.2, 0.25) is 5.02 Å². The van der Waals surface area contributed by atoms with Crippen LogP contribution >= 0.6 is 11.6 Å². The van der Waals surface area contributed by atoms with Crippen LogP contribution in [0.4, 0.5) is 0 Å². The second-order valence-electron chi connectivity index (χ2n) is 3.10. The molecule has 0 atom stereocenters. The van der Waals surface area contributed by atoms with Crippen LogP contribution in [-0.2, 0) is 0 Å². The Balaban J connectivity index is 2.58. The predicted octanol–water partition coefficient (Wildman–Crippen LogP) is 2.76. The maximum atomic E-state index is 5.88. The van der Waals surface area contributed by atoms with Crippen LogP contribution in [0, 0.1) is 0 Å². The maximum absolute atomic E-state index is 5.88. The Bertz CT molecular complexity index is 615. The summed E-state index contributed by atoms with van der Waals surface area (Å²) in [5.41, 5.74) is 1.83. The Labute approximate surface area is 84.7 Å². The van der Waals surface area contributed by atoms with Crippen LogP contribution in [0.3, 0.4) is 0 Å². The van der Waals surface area contributed by atoms with Gasteiger partial charge in [0.2, 0.25) is 0 Å². The Kier molecular flexibility index (Phi) is 1.49. The van der Waals surface area contributed by atoms with Gasteiger partial charge in [-0.3, -0.25) is 4.98 Å². The lowest BCUT2D eigenvalue weighted by atomic mass is 10.2. The summed E-state index contributed by atoms with van der Waals surface area (Å²) in [6, 6.07) is 3.86. The van der Waals surface area contributed by atoms with Gasteiger partial charge < -0.3 is 4.98 Å². The average molecular weight is 204 g/mol. The van der Waals surface area contributed by atoms with Crippen LogP contribution in [0.25, 0.3) is 21.9 Å². The van der Waals surface area contributed by atoms with Crippen molar-refractivity contribution in [3.8, 4) is 0 Å². The highest BCUT2D eigenvalue weighted by molar-refractivity contribution is 6.31. The normalized spacial score (nSPS) is 11.2. The number of aromatic amines is 1. The number of H-pyrrole nitrogens is 1. The maximum Gasteiger partial charge on any atom is 0.138 e. The number of pyridine rings is 2. The van der Waals surface area contributed by atoms with E-state index in [1.54, 1.807) is 18.6 Å². The summed E-state index contributed by atoms with van der Waals surface area (Å²) in [4.78, 5) is 11.4. The van der Waals surface area contributed by atoms with Gasteiger partial charge in [-0.2, -0.15) is 0 Å². The van der Waals surface area contributed by atoms with Crippen molar-refractivity contribution in [2.24, 2.45) is 0 Å². The molecule has 3 rings (SSSR count). The first-order valence-electron chi connectivity index (χ1n) is 4.21. The highest BCUT2D eigenvalue weighted by Gasteiger charge is 2.04. The number of fused-ring (bicyclic) bond motifs is 3. The predicted molar refractivity (Wildman–Crippen MR) is 56.4 cm³/mol. The van der Waals surface area contributed by atoms with Crippen LogP contribution in [0.15, 0.2) is 30.7 Å². The molecule has 0 saturated carbocycles. The quantitative estimate of drug-likeness (QED) is 0.611. The van der Waals surface area contributed by atoms with Gasteiger partial charge in [0.15, 0.2) is 0 Å². The number of halogens is 1. The second-order valence-corrected chi connectivity index (χ2v) is 3.53. The topological polar surface area (TPSA) is 41.6 Å². The highest BCUT2D eigenvalue weighted by Crippen LogP contribution is 2.24. The molecule has 0 radical (unpaired) electrons. The smallest absolute Gasteiger partial charge is 0.138 e. The lowest BCUT2D eigenvalue weighted by Gasteiger charge is -1.90. The number of nitrogens with zero attached hydrogens (tertiary/aromatic N) is 2. The second kappa shape index (κ2) is 2.69. The van der Waals surface area contributed by atoms with Crippen molar-refractivity contribution in [2.75, 3.05) is 0 Å². The number of hydrogen-bond acceptors (Lipinski definition) is 2. The minimum absolute atomic E-state index is 0.648. The van der Waals surface area contributed by atoms with E-state index in [9.17, 15) is 0 Å². The highest BCUT2D eigenvalue weighted by atomic mass is 35.5. The van der Waals surface area contributed by atoms with E-state index in [0.29, 0.717) is 5.02 Å². The van der Waals surface area contributed by atoms with Gasteiger partial charge in [0.1, 0.15) is 5.65 Å². The minimum Gasteiger partial charge on any atom is -0.338 e. The molecule has 0 aliphatic rings. The summed E-state index contributed by atoms with van der Waals surface area (Å²) in [5.74, 6) is 0. The molecule has 1 N–H and O–H groups in total. The molecule has 4 heteroatoms. The average Bonchev–Trinajstić information content (AvgIpc) is 2.56. The van der Waals surface area contributed by atoms with Crippen molar-refractivity contribution in [1.29, 1.82) is 0 Å². The first kappa shape index (κ1) is 7.76. The summed E-state index contributed by atoms with van der Waals surface area (Å²) in [7, 11) is 0.